The van der Waals surface area contributed by atoms with Crippen molar-refractivity contribution in [3.8, 4) is 0 Å². The van der Waals surface area contributed by atoms with Crippen molar-refractivity contribution in [2.24, 2.45) is 0 Å². The van der Waals surface area contributed by atoms with Gasteiger partial charge in [-0.05, 0) is 26.0 Å². The van der Waals surface area contributed by atoms with Crippen LogP contribution in [0.15, 0.2) is 22.8 Å². The smallest absolute Gasteiger partial charge is 0.308 e. The number of rotatable bonds is 8. The Morgan fingerprint density at radius 1 is 1.61 bits per heavy atom. The van der Waals surface area contributed by atoms with E-state index < -0.39 is 6.10 Å². The maximum Gasteiger partial charge on any atom is 0.308 e. The van der Waals surface area contributed by atoms with Gasteiger partial charge in [0.1, 0.15) is 5.76 Å². The largest absolute Gasteiger partial charge is 0.469 e. The van der Waals surface area contributed by atoms with E-state index in [0.29, 0.717) is 13.2 Å². The molecule has 1 heterocycles. The summed E-state index contributed by atoms with van der Waals surface area (Å²) in [4.78, 5) is 11.1. The van der Waals surface area contributed by atoms with E-state index in [0.717, 1.165) is 12.2 Å². The molecule has 2 unspecified atom stereocenters. The summed E-state index contributed by atoms with van der Waals surface area (Å²) in [6.07, 6.45) is 1.69. The highest BCUT2D eigenvalue weighted by Gasteiger charge is 2.13. The molecule has 18 heavy (non-hydrogen) atoms. The van der Waals surface area contributed by atoms with Crippen LogP contribution in [0.1, 0.15) is 26.0 Å². The zero-order chi connectivity index (χ0) is 13.4. The number of nitrogens with one attached hydrogen (secondary N) is 1. The molecule has 5 nitrogen and oxygen atoms in total. The van der Waals surface area contributed by atoms with Crippen LogP contribution in [-0.2, 0) is 16.0 Å². The summed E-state index contributed by atoms with van der Waals surface area (Å²) in [7, 11) is 0. The summed E-state index contributed by atoms with van der Waals surface area (Å²) in [5, 5.41) is 12.8. The molecule has 0 amide bonds. The predicted octanol–water partition coefficient (Wildman–Crippen LogP) is 1.11. The summed E-state index contributed by atoms with van der Waals surface area (Å²) in [5.74, 6) is 0.528. The summed E-state index contributed by atoms with van der Waals surface area (Å²) in [5.41, 5.74) is 0. The van der Waals surface area contributed by atoms with Gasteiger partial charge in [0.15, 0.2) is 0 Å². The quantitative estimate of drug-likeness (QED) is 0.681. The fourth-order valence-electron chi connectivity index (χ4n) is 1.62. The van der Waals surface area contributed by atoms with Crippen molar-refractivity contribution in [1.82, 2.24) is 5.32 Å². The van der Waals surface area contributed by atoms with Gasteiger partial charge in [0.2, 0.25) is 0 Å². The van der Waals surface area contributed by atoms with E-state index >= 15 is 0 Å². The molecular weight excluding hydrogens is 234 g/mol. The Labute approximate surface area is 107 Å². The monoisotopic (exact) mass is 255 g/mol. The highest BCUT2D eigenvalue weighted by molar-refractivity contribution is 5.69. The molecule has 1 aromatic rings. The number of esters is 1. The van der Waals surface area contributed by atoms with Gasteiger partial charge in [0.25, 0.3) is 0 Å². The number of aliphatic hydroxyl groups excluding tert-OH is 1. The second-order valence-corrected chi connectivity index (χ2v) is 4.26. The molecule has 0 radical (unpaired) electrons. The maximum atomic E-state index is 11.1. The van der Waals surface area contributed by atoms with E-state index in [-0.39, 0.29) is 18.4 Å². The third-order valence-corrected chi connectivity index (χ3v) is 2.50. The van der Waals surface area contributed by atoms with Crippen molar-refractivity contribution < 1.29 is 19.1 Å². The number of ether oxygens (including phenoxy) is 1. The van der Waals surface area contributed by atoms with E-state index in [2.05, 4.69) is 5.32 Å². The van der Waals surface area contributed by atoms with Gasteiger partial charge in [-0.2, -0.15) is 0 Å². The van der Waals surface area contributed by atoms with Gasteiger partial charge < -0.3 is 19.6 Å². The number of carbonyl (C=O) groups is 1. The van der Waals surface area contributed by atoms with Crippen molar-refractivity contribution >= 4 is 5.97 Å². The summed E-state index contributed by atoms with van der Waals surface area (Å²) in [6.45, 7) is 4.45. The fourth-order valence-corrected chi connectivity index (χ4v) is 1.62. The van der Waals surface area contributed by atoms with Gasteiger partial charge in [-0.15, -0.1) is 0 Å². The Kier molecular flexibility index (Phi) is 6.46. The third-order valence-electron chi connectivity index (χ3n) is 2.50. The van der Waals surface area contributed by atoms with Crippen molar-refractivity contribution in [1.29, 1.82) is 0 Å². The Morgan fingerprint density at radius 2 is 2.39 bits per heavy atom. The first kappa shape index (κ1) is 14.7. The standard InChI is InChI=1S/C13H21NO4/c1-3-17-13(16)8-11(15)9-14-10(2)7-12-5-4-6-18-12/h4-6,10-11,14-15H,3,7-9H2,1-2H3. The lowest BCUT2D eigenvalue weighted by molar-refractivity contribution is -0.145. The molecule has 1 rings (SSSR count). The third kappa shape index (κ3) is 5.84. The summed E-state index contributed by atoms with van der Waals surface area (Å²) < 4.78 is 9.99. The number of hydrogen-bond acceptors (Lipinski definition) is 5. The number of carbonyl (C=O) groups excluding carboxylic acids is 1. The van der Waals surface area contributed by atoms with Crippen LogP contribution in [0, 0.1) is 0 Å². The number of furan rings is 1. The van der Waals surface area contributed by atoms with Gasteiger partial charge in [-0.1, -0.05) is 0 Å². The van der Waals surface area contributed by atoms with Crippen molar-refractivity contribution in [2.75, 3.05) is 13.2 Å². The highest BCUT2D eigenvalue weighted by Crippen LogP contribution is 2.04. The van der Waals surface area contributed by atoms with Gasteiger partial charge in [0, 0.05) is 19.0 Å². The van der Waals surface area contributed by atoms with Crippen molar-refractivity contribution in [3.05, 3.63) is 24.2 Å². The zero-order valence-corrected chi connectivity index (χ0v) is 10.9. The highest BCUT2D eigenvalue weighted by atomic mass is 16.5. The molecule has 0 spiro atoms. The van der Waals surface area contributed by atoms with Crippen LogP contribution < -0.4 is 5.32 Å². The fraction of sp³-hybridized carbons (Fsp3) is 0.615. The van der Waals surface area contributed by atoms with Crippen LogP contribution in [0.2, 0.25) is 0 Å². The normalized spacial score (nSPS) is 14.2. The second-order valence-electron chi connectivity index (χ2n) is 4.26. The first-order chi connectivity index (χ1) is 8.61. The Bertz CT molecular complexity index is 337. The number of hydrogen-bond donors (Lipinski definition) is 2. The van der Waals surface area contributed by atoms with E-state index in [1.54, 1.807) is 13.2 Å². The van der Waals surface area contributed by atoms with Gasteiger partial charge in [0.05, 0.1) is 25.4 Å². The lowest BCUT2D eigenvalue weighted by Crippen LogP contribution is -2.36. The van der Waals surface area contributed by atoms with Crippen LogP contribution in [0.4, 0.5) is 0 Å². The van der Waals surface area contributed by atoms with Crippen LogP contribution >= 0.6 is 0 Å². The first-order valence-electron chi connectivity index (χ1n) is 6.21. The molecule has 1 aromatic heterocycles. The molecule has 0 aliphatic rings. The molecule has 0 aliphatic carbocycles. The van der Waals surface area contributed by atoms with Crippen molar-refractivity contribution in [3.63, 3.8) is 0 Å². The molecule has 2 atom stereocenters. The minimum atomic E-state index is -0.719. The zero-order valence-electron chi connectivity index (χ0n) is 10.9. The van der Waals surface area contributed by atoms with E-state index in [1.807, 2.05) is 19.1 Å². The molecule has 0 saturated carbocycles. The molecule has 0 saturated heterocycles. The molecule has 2 N–H and O–H groups in total. The topological polar surface area (TPSA) is 71.7 Å². The summed E-state index contributed by atoms with van der Waals surface area (Å²) >= 11 is 0. The number of aliphatic hydroxyl groups is 1. The van der Waals surface area contributed by atoms with Gasteiger partial charge in [-0.25, -0.2) is 0 Å². The first-order valence-corrected chi connectivity index (χ1v) is 6.21. The molecule has 0 aromatic carbocycles. The minimum Gasteiger partial charge on any atom is -0.469 e. The molecule has 102 valence electrons. The lowest BCUT2D eigenvalue weighted by atomic mass is 10.2. The Morgan fingerprint density at radius 3 is 3.00 bits per heavy atom. The van der Waals surface area contributed by atoms with E-state index in [4.69, 9.17) is 9.15 Å². The lowest BCUT2D eigenvalue weighted by Gasteiger charge is -2.15. The SMILES string of the molecule is CCOC(=O)CC(O)CNC(C)Cc1ccco1. The van der Waals surface area contributed by atoms with Crippen LogP contribution in [-0.4, -0.2) is 36.4 Å². The van der Waals surface area contributed by atoms with Crippen LogP contribution in [0.5, 0.6) is 0 Å². The van der Waals surface area contributed by atoms with Crippen molar-refractivity contribution in [2.45, 2.75) is 38.8 Å². The Hall–Kier alpha value is -1.33. The second kappa shape index (κ2) is 7.89. The molecule has 5 heteroatoms. The van der Waals surface area contributed by atoms with E-state index in [1.165, 1.54) is 0 Å². The maximum absolute atomic E-state index is 11.1. The molecule has 0 fully saturated rings. The van der Waals surface area contributed by atoms with Gasteiger partial charge >= 0.3 is 5.97 Å². The minimum absolute atomic E-state index is 0.0221. The van der Waals surface area contributed by atoms with Gasteiger partial charge in [-0.3, -0.25) is 4.79 Å². The van der Waals surface area contributed by atoms with E-state index in [9.17, 15) is 9.90 Å². The average Bonchev–Trinajstić information content (AvgIpc) is 2.79. The molecular formula is C13H21NO4. The Balaban J connectivity index is 2.17. The molecule has 0 bridgehead atoms. The van der Waals surface area contributed by atoms with Crippen LogP contribution in [0.25, 0.3) is 0 Å². The van der Waals surface area contributed by atoms with Crippen LogP contribution in [0.3, 0.4) is 0 Å². The predicted molar refractivity (Wildman–Crippen MR) is 67.1 cm³/mol. The molecule has 0 aliphatic heterocycles. The average molecular weight is 255 g/mol. The summed E-state index contributed by atoms with van der Waals surface area (Å²) in [6, 6.07) is 3.93.